The Labute approximate surface area is 584 Å². The molecule has 0 aliphatic rings. The van der Waals surface area contributed by atoms with Gasteiger partial charge in [0.05, 0.1) is 26.3 Å². The maximum absolute atomic E-state index is 11.9. The van der Waals surface area contributed by atoms with Gasteiger partial charge in [0.2, 0.25) is 0 Å². The average molecular weight is 1490 g/mol. The van der Waals surface area contributed by atoms with Gasteiger partial charge in [-0.1, -0.05) is 314 Å². The molecule has 0 saturated heterocycles. The molecule has 6 aromatic rings. The van der Waals surface area contributed by atoms with Gasteiger partial charge in [-0.3, -0.25) is 0 Å². The molecule has 0 atom stereocenters. The number of halogens is 16. The fourth-order valence-electron chi connectivity index (χ4n) is 7.86. The normalized spacial score (nSPS) is 13.6. The van der Waals surface area contributed by atoms with Gasteiger partial charge < -0.3 is 19.1 Å². The first kappa shape index (κ1) is 97.8. The zero-order valence-corrected chi connectivity index (χ0v) is 60.6. The Bertz CT molecular complexity index is 2690. The molecule has 0 fully saturated rings. The molecular formula is C68H101ClF15NaO6S4. The number of ether oxygens (including phenoxy) is 2. The summed E-state index contributed by atoms with van der Waals surface area (Å²) in [7, 11) is -31.9. The van der Waals surface area contributed by atoms with Crippen LogP contribution in [0.15, 0.2) is 180 Å². The second-order valence-electron chi connectivity index (χ2n) is 21.1. The monoisotopic (exact) mass is 1480 g/mol. The van der Waals surface area contributed by atoms with Crippen LogP contribution >= 0.6 is 42.3 Å². The minimum Gasteiger partial charge on any atom is -0.748 e. The summed E-state index contributed by atoms with van der Waals surface area (Å²) in [5.74, 6) is 0.722. The van der Waals surface area contributed by atoms with E-state index < -0.39 is 57.0 Å². The Kier molecular flexibility index (Phi) is 48.1. The topological polar surface area (TPSA) is 95.9 Å². The Balaban J connectivity index is -0.000000516. The first-order valence-electron chi connectivity index (χ1n) is 30.7. The molecule has 546 valence electrons. The van der Waals surface area contributed by atoms with Gasteiger partial charge >= 0.3 is 60.2 Å². The summed E-state index contributed by atoms with van der Waals surface area (Å²) in [6.45, 7) is 8.79. The number of rotatable bonds is 31. The van der Waals surface area contributed by atoms with Crippen molar-refractivity contribution in [3.05, 3.63) is 180 Å². The van der Waals surface area contributed by atoms with E-state index in [9.17, 15) is 58.3 Å². The number of allylic oxidation sites excluding steroid dienone is 3. The summed E-state index contributed by atoms with van der Waals surface area (Å²) in [5, 5.41) is 13.8. The van der Waals surface area contributed by atoms with Gasteiger partial charge in [-0.25, -0.2) is 8.42 Å². The molecule has 0 spiro atoms. The summed E-state index contributed by atoms with van der Waals surface area (Å²) in [6, 6.07) is 50.1. The molecule has 1 N–H and O–H groups in total. The van der Waals surface area contributed by atoms with Gasteiger partial charge in [0.15, 0.2) is 0 Å². The van der Waals surface area contributed by atoms with E-state index in [-0.39, 0.29) is 62.9 Å². The van der Waals surface area contributed by atoms with Crippen molar-refractivity contribution >= 4 is 84.7 Å². The number of alkyl halides is 1. The van der Waals surface area contributed by atoms with Crippen molar-refractivity contribution < 1.29 is 115 Å². The van der Waals surface area contributed by atoms with E-state index in [1.807, 2.05) is 20.8 Å². The Hall–Kier alpha value is -3.60. The predicted molar refractivity (Wildman–Crippen MR) is 374 cm³/mol. The third kappa shape index (κ3) is 76.0. The molecule has 95 heavy (non-hydrogen) atoms. The maximum atomic E-state index is 11.9. The van der Waals surface area contributed by atoms with Crippen molar-refractivity contribution in [3.8, 4) is 0 Å². The molecular weight excluding hydrogens is 1380 g/mol. The molecule has 0 bridgehead atoms. The van der Waals surface area contributed by atoms with Crippen LogP contribution in [-0.2, 0) is 19.6 Å². The predicted octanol–water partition coefficient (Wildman–Crippen LogP) is 25.2. The van der Waals surface area contributed by atoms with Crippen LogP contribution in [0.1, 0.15) is 163 Å². The Morgan fingerprint density at radius 2 is 0.537 bits per heavy atom. The Morgan fingerprint density at radius 1 is 0.379 bits per heavy atom. The van der Waals surface area contributed by atoms with Crippen molar-refractivity contribution in [2.75, 3.05) is 45.2 Å². The van der Waals surface area contributed by atoms with Crippen molar-refractivity contribution in [2.24, 2.45) is 0 Å². The fourth-order valence-corrected chi connectivity index (χ4v) is 9.36. The average Bonchev–Trinajstić information content (AvgIpc) is 0.783. The van der Waals surface area contributed by atoms with Crippen molar-refractivity contribution in [1.82, 2.24) is 0 Å². The molecule has 0 aliphatic heterocycles. The summed E-state index contributed by atoms with van der Waals surface area (Å²) >= 11 is 5.00. The number of hydrogen-bond acceptors (Lipinski definition) is 6. The first-order chi connectivity index (χ1) is 42.9. The number of fused-ring (bicyclic) bond motifs is 3. The molecule has 0 radical (unpaired) electrons. The molecule has 0 unspecified atom stereocenters. The number of unbranched alkanes of at least 4 members (excludes halogenated alkanes) is 18. The summed E-state index contributed by atoms with van der Waals surface area (Å²) < 4.78 is 216. The molecule has 0 aliphatic carbocycles. The third-order valence-electron chi connectivity index (χ3n) is 12.0. The van der Waals surface area contributed by atoms with Crippen LogP contribution < -0.4 is 29.6 Å². The zero-order valence-electron chi connectivity index (χ0n) is 54.6. The van der Waals surface area contributed by atoms with Crippen molar-refractivity contribution in [1.29, 1.82) is 0 Å². The van der Waals surface area contributed by atoms with Gasteiger partial charge in [0, 0.05) is 45.2 Å². The molecule has 6 nitrogen and oxygen atoms in total. The largest absolute Gasteiger partial charge is 1.00 e. The van der Waals surface area contributed by atoms with E-state index in [4.69, 9.17) is 39.2 Å². The smallest absolute Gasteiger partial charge is 0.748 e. The zero-order chi connectivity index (χ0) is 70.9. The van der Waals surface area contributed by atoms with E-state index in [0.29, 0.717) is 57.0 Å². The van der Waals surface area contributed by atoms with E-state index in [2.05, 4.69) is 146 Å². The third-order valence-corrected chi connectivity index (χ3v) is 14.2. The van der Waals surface area contributed by atoms with Crippen LogP contribution in [0.4, 0.5) is 58.3 Å². The molecule has 6 rings (SSSR count). The first-order valence-corrected chi connectivity index (χ1v) is 39.1. The number of aliphatic hydroxyl groups excluding tert-OH is 1. The van der Waals surface area contributed by atoms with Gasteiger partial charge in [0.1, 0.15) is 0 Å². The molecule has 0 aromatic heterocycles. The number of aliphatic hydroxyl groups is 1. The summed E-state index contributed by atoms with van der Waals surface area (Å²) in [4.78, 5) is 0. The molecule has 0 saturated carbocycles. The van der Waals surface area contributed by atoms with E-state index in [1.54, 1.807) is 0 Å². The molecule has 0 heterocycles. The van der Waals surface area contributed by atoms with Crippen LogP contribution in [0.3, 0.4) is 0 Å². The molecule has 0 amide bonds. The van der Waals surface area contributed by atoms with Gasteiger partial charge in [-0.05, 0) is 104 Å². The number of hydrogen-bond donors (Lipinski definition) is 1. The minimum absolute atomic E-state index is 0. The van der Waals surface area contributed by atoms with Gasteiger partial charge in [-0.2, -0.15) is 0 Å². The van der Waals surface area contributed by atoms with Gasteiger partial charge in [-0.15, -0.1) is 11.6 Å². The van der Waals surface area contributed by atoms with Crippen LogP contribution in [0.25, 0.3) is 32.3 Å². The van der Waals surface area contributed by atoms with Crippen molar-refractivity contribution in [2.45, 2.75) is 163 Å². The second kappa shape index (κ2) is 46.7. The number of benzene rings is 6. The second-order valence-corrected chi connectivity index (χ2v) is 30.0. The molecule has 6 aromatic carbocycles. The van der Waals surface area contributed by atoms with Crippen LogP contribution in [0, 0.1) is 0 Å². The standard InChI is InChI=1S/2C12H23F5OS.C10H19F5OS.3C10H8.C2H5Cl.CH4O3S.CH4.Na/c2*1-2-18-11-9-7-5-3-4-6-8-10-12-19(13,14,15,16)17;11-17(12,13,14,15)10-8-6-4-2-1-3-5-7-9-16;3*1-2-6-10-8-4-3-7-9(10)5-1;1-2-3;1-5(2,3)4;;/h2*10,12H,2-9,11H2,1H3;8,10,16H,1-7,9H2;3*1-8H;2H2,1H3;1H3,(H,2,3,4);1H4;/q;;;;;;;;;+1/p-1/b2*12-10+;10-8+;;;;;;;. The van der Waals surface area contributed by atoms with Crippen LogP contribution in [-0.4, -0.2) is 63.2 Å². The summed E-state index contributed by atoms with van der Waals surface area (Å²) in [6.07, 6.45) is 17.3. The van der Waals surface area contributed by atoms with Gasteiger partial charge in [0.25, 0.3) is 0 Å². The Morgan fingerprint density at radius 3 is 0.695 bits per heavy atom. The van der Waals surface area contributed by atoms with E-state index >= 15 is 0 Å². The van der Waals surface area contributed by atoms with E-state index in [0.717, 1.165) is 115 Å². The van der Waals surface area contributed by atoms with Crippen LogP contribution in [0.5, 0.6) is 0 Å². The quantitative estimate of drug-likeness (QED) is 0.0153. The van der Waals surface area contributed by atoms with Crippen LogP contribution in [0.2, 0.25) is 0 Å². The SMILES string of the molecule is C.CCCl.CCOCCCCCCCC/C=C/S(F)(F)(F)(F)F.CCOCCCCCCCC/C=C/S(F)(F)(F)(F)F.CS(=O)(=O)[O-].OCCCCCCCC/C=C/S(F)(F)(F)(F)F.[Na+].c1ccc2ccccc2c1.c1ccc2ccccc2c1.c1ccc2ccccc2c1. The maximum Gasteiger partial charge on any atom is 1.00 e. The van der Waals surface area contributed by atoms with Crippen molar-refractivity contribution in [3.63, 3.8) is 0 Å². The minimum atomic E-state index is -9.34. The van der Waals surface area contributed by atoms with E-state index in [1.165, 1.54) is 32.3 Å². The molecule has 27 heteroatoms. The summed E-state index contributed by atoms with van der Waals surface area (Å²) in [5.41, 5.74) is 0. The fraction of sp³-hybridized carbons (Fsp3) is 0.471.